The zero-order chi connectivity index (χ0) is 47.4. The van der Waals surface area contributed by atoms with Crippen LogP contribution in [0, 0.1) is 6.92 Å². The zero-order valence-corrected chi connectivity index (χ0v) is 42.2. The van der Waals surface area contributed by atoms with Crippen molar-refractivity contribution in [2.45, 2.75) is 64.7 Å². The summed E-state index contributed by atoms with van der Waals surface area (Å²) in [5.41, 5.74) is 19.0. The molecule has 4 heteroatoms. The molecule has 2 nitrogen and oxygen atoms in total. The number of hydrogen-bond acceptors (Lipinski definition) is 2. The van der Waals surface area contributed by atoms with Gasteiger partial charge in [-0.25, -0.2) is 0 Å². The first-order valence-electron chi connectivity index (χ1n) is 23.6. The van der Waals surface area contributed by atoms with E-state index in [1.54, 1.807) is 0 Å². The Morgan fingerprint density at radius 2 is 0.941 bits per heavy atom. The summed E-state index contributed by atoms with van der Waals surface area (Å²) in [6.07, 6.45) is 0. The van der Waals surface area contributed by atoms with Crippen LogP contribution < -0.4 is 9.80 Å². The maximum absolute atomic E-state index is 6.59. The van der Waals surface area contributed by atoms with Crippen LogP contribution in [0.5, 0.6) is 0 Å². The summed E-state index contributed by atoms with van der Waals surface area (Å²) in [6.45, 7) is 15.9. The summed E-state index contributed by atoms with van der Waals surface area (Å²) >= 11 is 11.0. The molecule has 0 saturated heterocycles. The van der Waals surface area contributed by atoms with Crippen LogP contribution in [0.4, 0.5) is 34.1 Å². The Bertz CT molecular complexity index is 3240. The molecule has 68 heavy (non-hydrogen) atoms. The van der Waals surface area contributed by atoms with Gasteiger partial charge in [-0.2, -0.15) is 0 Å². The molecular formula is C64H56BrClN2. The molecule has 1 aliphatic rings. The van der Waals surface area contributed by atoms with E-state index < -0.39 is 5.41 Å². The molecule has 0 heterocycles. The monoisotopic (exact) mass is 966 g/mol. The molecule has 0 fully saturated rings. The third-order valence-electron chi connectivity index (χ3n) is 13.6. The van der Waals surface area contributed by atoms with E-state index in [2.05, 4.69) is 274 Å². The summed E-state index contributed by atoms with van der Waals surface area (Å²) in [5.74, 6) is 0. The number of nitrogens with zero attached hydrogens (tertiary/aromatic N) is 2. The van der Waals surface area contributed by atoms with Crippen molar-refractivity contribution in [1.82, 2.24) is 0 Å². The Kier molecular flexibility index (Phi) is 11.8. The number of hydrogen-bond donors (Lipinski definition) is 0. The van der Waals surface area contributed by atoms with E-state index in [4.69, 9.17) is 11.6 Å². The molecule has 0 bridgehead atoms. The third-order valence-corrected chi connectivity index (χ3v) is 14.7. The summed E-state index contributed by atoms with van der Waals surface area (Å²) in [5, 5.41) is 0.695. The lowest BCUT2D eigenvalue weighted by Gasteiger charge is -2.36. The summed E-state index contributed by atoms with van der Waals surface area (Å²) in [4.78, 5) is 4.85. The highest BCUT2D eigenvalue weighted by molar-refractivity contribution is 9.10. The van der Waals surface area contributed by atoms with Crippen LogP contribution in [-0.4, -0.2) is 0 Å². The second-order valence-electron chi connectivity index (χ2n) is 20.2. The molecule has 0 N–H and O–H groups in total. The van der Waals surface area contributed by atoms with E-state index in [1.807, 2.05) is 12.1 Å². The number of halogens is 2. The molecule has 336 valence electrons. The van der Waals surface area contributed by atoms with Gasteiger partial charge in [0.25, 0.3) is 0 Å². The van der Waals surface area contributed by atoms with Crippen molar-refractivity contribution >= 4 is 61.7 Å². The Morgan fingerprint density at radius 3 is 1.57 bits per heavy atom. The second kappa shape index (κ2) is 17.8. The molecule has 9 aromatic rings. The predicted molar refractivity (Wildman–Crippen MR) is 293 cm³/mol. The van der Waals surface area contributed by atoms with Crippen molar-refractivity contribution in [3.63, 3.8) is 0 Å². The fourth-order valence-electron chi connectivity index (χ4n) is 10.2. The summed E-state index contributed by atoms with van der Waals surface area (Å²) in [6, 6.07) is 77.9. The SMILES string of the molecule is Cc1cc(N(c2ccc(Cl)cc2)c2cccc(C(C)(C)C)c2)c(Br)c(N(c2ccc3c(c2)C(c2ccccc2)(c2ccccc2)c2ccccc2-3)c2ccc(C(C)(C)C)cc2-c2ccccc2)c1. The average molecular weight is 969 g/mol. The minimum atomic E-state index is -0.576. The molecule has 9 aromatic carbocycles. The van der Waals surface area contributed by atoms with Gasteiger partial charge < -0.3 is 9.80 Å². The molecule has 0 radical (unpaired) electrons. The highest BCUT2D eigenvalue weighted by Crippen LogP contribution is 2.58. The van der Waals surface area contributed by atoms with Crippen LogP contribution in [0.15, 0.2) is 217 Å². The lowest BCUT2D eigenvalue weighted by Crippen LogP contribution is -2.28. The molecular weight excluding hydrogens is 912 g/mol. The molecule has 0 unspecified atom stereocenters. The van der Waals surface area contributed by atoms with E-state index in [1.165, 1.54) is 44.5 Å². The minimum Gasteiger partial charge on any atom is -0.309 e. The van der Waals surface area contributed by atoms with Crippen LogP contribution in [0.1, 0.15) is 80.5 Å². The van der Waals surface area contributed by atoms with Crippen LogP contribution in [0.2, 0.25) is 5.02 Å². The van der Waals surface area contributed by atoms with E-state index >= 15 is 0 Å². The maximum atomic E-state index is 6.59. The standard InChI is InChI=1S/C64H56BrClN2/c1-43-38-59(67(50-33-31-49(66)32-34-50)51-27-19-26-47(40-51)62(2,3)4)61(65)60(39-43)68(58-37-30-48(63(5,6)7)41-55(58)44-20-11-8-12-21-44)52-35-36-54-53-28-17-18-29-56(53)64(57(54)42-52,45-22-13-9-14-23-45)46-24-15-10-16-25-46/h8-42H,1-7H3. The van der Waals surface area contributed by atoms with E-state index in [0.717, 1.165) is 55.3 Å². The van der Waals surface area contributed by atoms with Gasteiger partial charge in [-0.3, -0.25) is 0 Å². The van der Waals surface area contributed by atoms with E-state index in [9.17, 15) is 0 Å². The average Bonchev–Trinajstić information content (AvgIpc) is 3.64. The number of rotatable bonds is 9. The Morgan fingerprint density at radius 1 is 0.412 bits per heavy atom. The number of fused-ring (bicyclic) bond motifs is 3. The van der Waals surface area contributed by atoms with Crippen molar-refractivity contribution in [3.8, 4) is 22.3 Å². The van der Waals surface area contributed by atoms with Gasteiger partial charge in [0.15, 0.2) is 0 Å². The van der Waals surface area contributed by atoms with Crippen molar-refractivity contribution < 1.29 is 0 Å². The quantitative estimate of drug-likeness (QED) is 0.142. The lowest BCUT2D eigenvalue weighted by atomic mass is 9.67. The van der Waals surface area contributed by atoms with Crippen LogP contribution in [0.3, 0.4) is 0 Å². The first kappa shape index (κ1) is 45.1. The van der Waals surface area contributed by atoms with Crippen LogP contribution >= 0.6 is 27.5 Å². The van der Waals surface area contributed by atoms with Gasteiger partial charge in [-0.15, -0.1) is 0 Å². The van der Waals surface area contributed by atoms with Crippen molar-refractivity contribution in [3.05, 3.63) is 261 Å². The fourth-order valence-corrected chi connectivity index (χ4v) is 10.9. The largest absolute Gasteiger partial charge is 0.309 e. The van der Waals surface area contributed by atoms with Gasteiger partial charge in [-0.05, 0) is 162 Å². The molecule has 0 amide bonds. The molecule has 10 rings (SSSR count). The molecule has 0 atom stereocenters. The molecule has 1 aliphatic carbocycles. The van der Waals surface area contributed by atoms with Crippen LogP contribution in [-0.2, 0) is 16.2 Å². The predicted octanol–water partition coefficient (Wildman–Crippen LogP) is 19.0. The van der Waals surface area contributed by atoms with Crippen molar-refractivity contribution in [2.75, 3.05) is 9.80 Å². The summed E-state index contributed by atoms with van der Waals surface area (Å²) in [7, 11) is 0. The zero-order valence-electron chi connectivity index (χ0n) is 39.9. The Hall–Kier alpha value is -6.65. The number of benzene rings is 9. The van der Waals surface area contributed by atoms with Gasteiger partial charge >= 0.3 is 0 Å². The maximum Gasteiger partial charge on any atom is 0.0714 e. The smallest absolute Gasteiger partial charge is 0.0714 e. The number of anilines is 6. The normalized spacial score (nSPS) is 12.9. The highest BCUT2D eigenvalue weighted by Gasteiger charge is 2.46. The third kappa shape index (κ3) is 8.06. The summed E-state index contributed by atoms with van der Waals surface area (Å²) < 4.78 is 0.958. The molecule has 0 aliphatic heterocycles. The molecule has 0 aromatic heterocycles. The van der Waals surface area contributed by atoms with E-state index in [0.29, 0.717) is 5.02 Å². The van der Waals surface area contributed by atoms with Gasteiger partial charge in [-0.1, -0.05) is 193 Å². The van der Waals surface area contributed by atoms with Gasteiger partial charge in [0.2, 0.25) is 0 Å². The number of aryl methyl sites for hydroxylation is 1. The van der Waals surface area contributed by atoms with Crippen LogP contribution in [0.25, 0.3) is 22.3 Å². The first-order valence-corrected chi connectivity index (χ1v) is 24.7. The first-order chi connectivity index (χ1) is 32.7. The topological polar surface area (TPSA) is 6.48 Å². The van der Waals surface area contributed by atoms with Gasteiger partial charge in [0.1, 0.15) is 0 Å². The molecule has 0 spiro atoms. The fraction of sp³-hybridized carbons (Fsp3) is 0.156. The van der Waals surface area contributed by atoms with E-state index in [-0.39, 0.29) is 10.8 Å². The lowest BCUT2D eigenvalue weighted by molar-refractivity contribution is 0.590. The Balaban J connectivity index is 1.30. The van der Waals surface area contributed by atoms with Crippen molar-refractivity contribution in [1.29, 1.82) is 0 Å². The Labute approximate surface area is 416 Å². The highest BCUT2D eigenvalue weighted by atomic mass is 79.9. The minimum absolute atomic E-state index is 0.0531. The van der Waals surface area contributed by atoms with Gasteiger partial charge in [0.05, 0.1) is 26.9 Å². The second-order valence-corrected chi connectivity index (χ2v) is 21.4. The van der Waals surface area contributed by atoms with Gasteiger partial charge in [0, 0.05) is 27.6 Å². The molecule has 0 saturated carbocycles. The van der Waals surface area contributed by atoms with Crippen molar-refractivity contribution in [2.24, 2.45) is 0 Å².